The third kappa shape index (κ3) is 3.25. The lowest BCUT2D eigenvalue weighted by atomic mass is 9.57. The second-order valence-electron chi connectivity index (χ2n) is 7.19. The van der Waals surface area contributed by atoms with E-state index in [1.165, 1.54) is 44.9 Å². The van der Waals surface area contributed by atoms with E-state index in [9.17, 15) is 4.79 Å². The summed E-state index contributed by atoms with van der Waals surface area (Å²) in [5.74, 6) is 0.125. The highest BCUT2D eigenvalue weighted by Gasteiger charge is 2.46. The minimum atomic E-state index is -0.124. The highest BCUT2D eigenvalue weighted by Crippen LogP contribution is 2.51. The maximum Gasteiger partial charge on any atom is 0.234 e. The summed E-state index contributed by atoms with van der Waals surface area (Å²) in [6.07, 6.45) is 9.52. The number of hydrogen-bond donors (Lipinski definition) is 2. The van der Waals surface area contributed by atoms with Crippen LogP contribution in [0.1, 0.15) is 65.7 Å². The molecule has 18 heavy (non-hydrogen) atoms. The molecule has 2 rings (SSSR count). The highest BCUT2D eigenvalue weighted by molar-refractivity contribution is 5.78. The van der Waals surface area contributed by atoms with E-state index in [2.05, 4.69) is 10.6 Å². The number of rotatable bonds is 3. The zero-order valence-corrected chi connectivity index (χ0v) is 12.1. The van der Waals surface area contributed by atoms with Crippen LogP contribution >= 0.6 is 0 Å². The predicted molar refractivity (Wildman–Crippen MR) is 74.4 cm³/mol. The first-order valence-corrected chi connectivity index (χ1v) is 7.46. The lowest BCUT2D eigenvalue weighted by Gasteiger charge is -2.52. The Labute approximate surface area is 111 Å². The average molecular weight is 252 g/mol. The van der Waals surface area contributed by atoms with Crippen molar-refractivity contribution in [2.24, 2.45) is 5.41 Å². The van der Waals surface area contributed by atoms with Crippen LogP contribution in [0, 0.1) is 5.41 Å². The van der Waals surface area contributed by atoms with Crippen LogP contribution in [0.15, 0.2) is 0 Å². The van der Waals surface area contributed by atoms with Crippen LogP contribution in [0.2, 0.25) is 0 Å². The lowest BCUT2D eigenvalue weighted by Crippen LogP contribution is -2.56. The van der Waals surface area contributed by atoms with Crippen molar-refractivity contribution in [3.8, 4) is 0 Å². The standard InChI is InChI=1S/C15H28N2O/c1-14(2,3)17-13(18)11-16-12-7-10-15(12)8-5-4-6-9-15/h12,16H,4-11H2,1-3H3,(H,17,18). The number of carbonyl (C=O) groups excluding carboxylic acids is 1. The molecule has 2 saturated carbocycles. The SMILES string of the molecule is CC(C)(C)NC(=O)CNC1CCC12CCCCC2. The molecule has 3 nitrogen and oxygen atoms in total. The molecule has 2 fully saturated rings. The molecule has 0 aromatic heterocycles. The van der Waals surface area contributed by atoms with Gasteiger partial charge in [-0.05, 0) is 51.9 Å². The van der Waals surface area contributed by atoms with Gasteiger partial charge in [-0.2, -0.15) is 0 Å². The summed E-state index contributed by atoms with van der Waals surface area (Å²) in [5.41, 5.74) is 0.418. The van der Waals surface area contributed by atoms with E-state index in [4.69, 9.17) is 0 Å². The van der Waals surface area contributed by atoms with E-state index in [1.54, 1.807) is 0 Å². The largest absolute Gasteiger partial charge is 0.350 e. The van der Waals surface area contributed by atoms with Crippen molar-refractivity contribution in [2.45, 2.75) is 77.3 Å². The molecule has 0 saturated heterocycles. The smallest absolute Gasteiger partial charge is 0.234 e. The molecule has 2 N–H and O–H groups in total. The fourth-order valence-corrected chi connectivity index (χ4v) is 3.55. The monoisotopic (exact) mass is 252 g/mol. The van der Waals surface area contributed by atoms with Crippen LogP contribution in [0.5, 0.6) is 0 Å². The maximum atomic E-state index is 11.8. The molecule has 104 valence electrons. The molecule has 1 atom stereocenters. The van der Waals surface area contributed by atoms with Gasteiger partial charge in [0.2, 0.25) is 5.91 Å². The summed E-state index contributed by atoms with van der Waals surface area (Å²) in [4.78, 5) is 11.8. The third-order valence-electron chi connectivity index (χ3n) is 4.54. The van der Waals surface area contributed by atoms with Crippen LogP contribution in [-0.2, 0) is 4.79 Å². The quantitative estimate of drug-likeness (QED) is 0.810. The molecule has 1 spiro atoms. The second kappa shape index (κ2) is 5.20. The summed E-state index contributed by atoms with van der Waals surface area (Å²) < 4.78 is 0. The van der Waals surface area contributed by atoms with Crippen LogP contribution < -0.4 is 10.6 Å². The van der Waals surface area contributed by atoms with E-state index in [1.807, 2.05) is 20.8 Å². The molecule has 0 bridgehead atoms. The number of hydrogen-bond acceptors (Lipinski definition) is 2. The number of amides is 1. The van der Waals surface area contributed by atoms with Gasteiger partial charge in [-0.25, -0.2) is 0 Å². The molecule has 1 amide bonds. The van der Waals surface area contributed by atoms with Crippen molar-refractivity contribution in [3.63, 3.8) is 0 Å². The van der Waals surface area contributed by atoms with Crippen LogP contribution in [0.25, 0.3) is 0 Å². The van der Waals surface area contributed by atoms with Gasteiger partial charge in [-0.1, -0.05) is 19.3 Å². The van der Waals surface area contributed by atoms with Gasteiger partial charge >= 0.3 is 0 Å². The zero-order valence-electron chi connectivity index (χ0n) is 12.1. The van der Waals surface area contributed by atoms with Crippen molar-refractivity contribution in [1.82, 2.24) is 10.6 Å². The fourth-order valence-electron chi connectivity index (χ4n) is 3.55. The van der Waals surface area contributed by atoms with Crippen molar-refractivity contribution in [3.05, 3.63) is 0 Å². The summed E-state index contributed by atoms with van der Waals surface area (Å²) in [6, 6.07) is 0.587. The topological polar surface area (TPSA) is 41.1 Å². The molecular formula is C15H28N2O. The number of carbonyl (C=O) groups is 1. The van der Waals surface area contributed by atoms with Gasteiger partial charge in [0.15, 0.2) is 0 Å². The summed E-state index contributed by atoms with van der Waals surface area (Å²) in [7, 11) is 0. The van der Waals surface area contributed by atoms with Crippen molar-refractivity contribution < 1.29 is 4.79 Å². The van der Waals surface area contributed by atoms with Crippen molar-refractivity contribution in [2.75, 3.05) is 6.54 Å². The average Bonchev–Trinajstić information content (AvgIpc) is 2.26. The Morgan fingerprint density at radius 2 is 1.83 bits per heavy atom. The predicted octanol–water partition coefficient (Wildman–Crippen LogP) is 2.60. The molecule has 1 unspecified atom stereocenters. The molecular weight excluding hydrogens is 224 g/mol. The van der Waals surface area contributed by atoms with Crippen molar-refractivity contribution >= 4 is 5.91 Å². The minimum Gasteiger partial charge on any atom is -0.350 e. The molecule has 2 aliphatic rings. The molecule has 0 aromatic carbocycles. The molecule has 0 aromatic rings. The Morgan fingerprint density at radius 1 is 1.17 bits per heavy atom. The third-order valence-corrected chi connectivity index (χ3v) is 4.54. The van der Waals surface area contributed by atoms with E-state index < -0.39 is 0 Å². The van der Waals surface area contributed by atoms with Crippen LogP contribution in [-0.4, -0.2) is 24.0 Å². The van der Waals surface area contributed by atoms with Gasteiger partial charge in [-0.3, -0.25) is 4.79 Å². The van der Waals surface area contributed by atoms with E-state index in [0.29, 0.717) is 18.0 Å². The summed E-state index contributed by atoms with van der Waals surface area (Å²) in [6.45, 7) is 6.55. The normalized spacial score (nSPS) is 26.7. The van der Waals surface area contributed by atoms with Gasteiger partial charge in [-0.15, -0.1) is 0 Å². The Kier molecular flexibility index (Phi) is 4.00. The van der Waals surface area contributed by atoms with Crippen LogP contribution in [0.4, 0.5) is 0 Å². The minimum absolute atomic E-state index is 0.124. The Balaban J connectivity index is 1.75. The Bertz CT molecular complexity index is 300. The zero-order chi connectivity index (χ0) is 13.2. The lowest BCUT2D eigenvalue weighted by molar-refractivity contribution is -0.122. The summed E-state index contributed by atoms with van der Waals surface area (Å²) in [5, 5.41) is 6.50. The Morgan fingerprint density at radius 3 is 2.33 bits per heavy atom. The molecule has 0 aliphatic heterocycles. The maximum absolute atomic E-state index is 11.8. The van der Waals surface area contributed by atoms with Gasteiger partial charge in [0.05, 0.1) is 6.54 Å². The van der Waals surface area contributed by atoms with Gasteiger partial charge < -0.3 is 10.6 Å². The van der Waals surface area contributed by atoms with Gasteiger partial charge in [0.1, 0.15) is 0 Å². The first-order valence-electron chi connectivity index (χ1n) is 7.46. The highest BCUT2D eigenvalue weighted by atomic mass is 16.2. The van der Waals surface area contributed by atoms with Gasteiger partial charge in [0.25, 0.3) is 0 Å². The van der Waals surface area contributed by atoms with E-state index in [0.717, 1.165) is 0 Å². The van der Waals surface area contributed by atoms with Gasteiger partial charge in [0, 0.05) is 11.6 Å². The second-order valence-corrected chi connectivity index (χ2v) is 7.19. The molecule has 0 heterocycles. The fraction of sp³-hybridized carbons (Fsp3) is 0.933. The van der Waals surface area contributed by atoms with Crippen molar-refractivity contribution in [1.29, 1.82) is 0 Å². The molecule has 0 radical (unpaired) electrons. The number of nitrogens with one attached hydrogen (secondary N) is 2. The van der Waals surface area contributed by atoms with E-state index >= 15 is 0 Å². The first kappa shape index (κ1) is 13.9. The Hall–Kier alpha value is -0.570. The first-order chi connectivity index (χ1) is 8.41. The molecule has 2 aliphatic carbocycles. The van der Waals surface area contributed by atoms with Crippen LogP contribution in [0.3, 0.4) is 0 Å². The van der Waals surface area contributed by atoms with E-state index in [-0.39, 0.29) is 11.4 Å². The summed E-state index contributed by atoms with van der Waals surface area (Å²) >= 11 is 0. The molecule has 3 heteroatoms.